The summed E-state index contributed by atoms with van der Waals surface area (Å²) in [5.41, 5.74) is 4.09. The quantitative estimate of drug-likeness (QED) is 0.254. The van der Waals surface area contributed by atoms with Crippen molar-refractivity contribution in [1.82, 2.24) is 0 Å². The summed E-state index contributed by atoms with van der Waals surface area (Å²) in [6.07, 6.45) is 3.25. The van der Waals surface area contributed by atoms with Crippen molar-refractivity contribution < 1.29 is 38.0 Å². The van der Waals surface area contributed by atoms with E-state index in [1.807, 2.05) is 42.5 Å². The van der Waals surface area contributed by atoms with Crippen molar-refractivity contribution in [2.24, 2.45) is 11.8 Å². The van der Waals surface area contributed by atoms with Crippen LogP contribution in [0.5, 0.6) is 34.5 Å². The van der Waals surface area contributed by atoms with E-state index in [-0.39, 0.29) is 18.6 Å². The largest absolute Gasteiger partial charge is 0.493 e. The second-order valence-electron chi connectivity index (χ2n) is 9.93. The molecule has 0 fully saturated rings. The van der Waals surface area contributed by atoms with E-state index in [0.717, 1.165) is 22.3 Å². The molecule has 0 saturated heterocycles. The van der Waals surface area contributed by atoms with Gasteiger partial charge in [-0.15, -0.1) is 0 Å². The Morgan fingerprint density at radius 3 is 2.27 bits per heavy atom. The van der Waals surface area contributed by atoms with Crippen molar-refractivity contribution in [1.29, 1.82) is 0 Å². The van der Waals surface area contributed by atoms with Crippen LogP contribution in [0.25, 0.3) is 17.2 Å². The summed E-state index contributed by atoms with van der Waals surface area (Å²) in [6, 6.07) is 13.5. The molecule has 0 saturated carbocycles. The zero-order valence-corrected chi connectivity index (χ0v) is 23.6. The number of rotatable bonds is 7. The van der Waals surface area contributed by atoms with Crippen LogP contribution in [-0.4, -0.2) is 41.2 Å². The maximum Gasteiger partial charge on any atom is 0.331 e. The minimum atomic E-state index is -0.618. The molecule has 5 rings (SSSR count). The average Bonchev–Trinajstić information content (AvgIpc) is 3.45. The van der Waals surface area contributed by atoms with Crippen molar-refractivity contribution in [3.8, 4) is 45.6 Å². The first-order valence-corrected chi connectivity index (χ1v) is 13.2. The van der Waals surface area contributed by atoms with Gasteiger partial charge in [-0.2, -0.15) is 0 Å². The minimum absolute atomic E-state index is 0.0563. The Labute approximate surface area is 234 Å². The van der Waals surface area contributed by atoms with Crippen LogP contribution in [0.3, 0.4) is 0 Å². The number of carbonyl (C=O) groups is 1. The van der Waals surface area contributed by atoms with E-state index in [4.69, 9.17) is 33.2 Å². The number of benzene rings is 3. The van der Waals surface area contributed by atoms with Crippen LogP contribution < -0.4 is 28.4 Å². The fourth-order valence-electron chi connectivity index (χ4n) is 5.53. The third-order valence-corrected chi connectivity index (χ3v) is 7.69. The number of esters is 1. The lowest BCUT2D eigenvalue weighted by Gasteiger charge is -2.35. The van der Waals surface area contributed by atoms with Crippen LogP contribution >= 0.6 is 0 Å². The molecule has 0 aromatic heterocycles. The molecular weight excluding hydrogens is 512 g/mol. The summed E-state index contributed by atoms with van der Waals surface area (Å²) in [6.45, 7) is 4.29. The lowest BCUT2D eigenvalue weighted by atomic mass is 9.76. The number of carbonyl (C=O) groups excluding carboxylic acids is 1. The van der Waals surface area contributed by atoms with E-state index in [1.165, 1.54) is 6.08 Å². The molecule has 0 N–H and O–H groups in total. The van der Waals surface area contributed by atoms with Gasteiger partial charge >= 0.3 is 5.97 Å². The molecule has 0 spiro atoms. The fourth-order valence-corrected chi connectivity index (χ4v) is 5.53. The maximum atomic E-state index is 13.2. The Kier molecular flexibility index (Phi) is 7.78. The second-order valence-corrected chi connectivity index (χ2v) is 9.93. The van der Waals surface area contributed by atoms with E-state index in [9.17, 15) is 4.79 Å². The smallest absolute Gasteiger partial charge is 0.331 e. The summed E-state index contributed by atoms with van der Waals surface area (Å²) < 4.78 is 41.2. The zero-order valence-electron chi connectivity index (χ0n) is 23.6. The number of hydrogen-bond acceptors (Lipinski definition) is 8. The van der Waals surface area contributed by atoms with E-state index in [2.05, 4.69) is 13.8 Å². The highest BCUT2D eigenvalue weighted by atomic mass is 16.7. The summed E-state index contributed by atoms with van der Waals surface area (Å²) in [4.78, 5) is 13.2. The molecule has 3 atom stereocenters. The van der Waals surface area contributed by atoms with Gasteiger partial charge in [-0.25, -0.2) is 4.79 Å². The van der Waals surface area contributed by atoms with Gasteiger partial charge in [-0.1, -0.05) is 44.2 Å². The van der Waals surface area contributed by atoms with Gasteiger partial charge in [0.05, 0.1) is 28.4 Å². The molecule has 0 radical (unpaired) electrons. The molecule has 3 aromatic carbocycles. The SMILES string of the molecule is COc1cc2c(c(OC)c1OC)-c1c(cc3c(c1OC)OCO3)C(OC(=O)/C=C/c1ccccc1)C(C)C(C)C2. The standard InChI is InChI=1S/C32H34O8/c1-18-14-21-15-23(34-3)29(35-4)31(36-5)26(21)27-22(16-24-30(32(27)37-6)39-17-38-24)28(19(18)2)40-25(33)13-12-20-10-8-7-9-11-20/h7-13,15-16,18-19,28H,14,17H2,1-6H3/b13-12+. The Balaban J connectivity index is 1.74. The lowest BCUT2D eigenvalue weighted by Crippen LogP contribution is -2.26. The first kappa shape index (κ1) is 27.2. The van der Waals surface area contributed by atoms with Gasteiger partial charge < -0.3 is 33.2 Å². The predicted molar refractivity (Wildman–Crippen MR) is 151 cm³/mol. The monoisotopic (exact) mass is 546 g/mol. The molecular formula is C32H34O8. The Bertz CT molecular complexity index is 1430. The Morgan fingerprint density at radius 2 is 1.60 bits per heavy atom. The number of methoxy groups -OCH3 is 4. The highest BCUT2D eigenvalue weighted by Gasteiger charge is 2.39. The van der Waals surface area contributed by atoms with Gasteiger partial charge in [0.15, 0.2) is 23.0 Å². The average molecular weight is 547 g/mol. The third kappa shape index (κ3) is 4.78. The van der Waals surface area contributed by atoms with Crippen molar-refractivity contribution >= 4 is 12.0 Å². The Hall–Kier alpha value is -4.33. The number of hydrogen-bond donors (Lipinski definition) is 0. The molecule has 8 nitrogen and oxygen atoms in total. The van der Waals surface area contributed by atoms with Gasteiger partial charge in [-0.3, -0.25) is 0 Å². The first-order chi connectivity index (χ1) is 19.4. The van der Waals surface area contributed by atoms with Gasteiger partial charge in [0, 0.05) is 28.7 Å². The summed E-state index contributed by atoms with van der Waals surface area (Å²) in [5, 5.41) is 0. The van der Waals surface area contributed by atoms with Gasteiger partial charge in [-0.05, 0) is 41.7 Å². The summed E-state index contributed by atoms with van der Waals surface area (Å²) in [5.74, 6) is 2.59. The Morgan fingerprint density at radius 1 is 0.875 bits per heavy atom. The predicted octanol–water partition coefficient (Wildman–Crippen LogP) is 6.24. The molecule has 3 unspecified atom stereocenters. The van der Waals surface area contributed by atoms with Crippen LogP contribution in [0, 0.1) is 11.8 Å². The van der Waals surface area contributed by atoms with Crippen molar-refractivity contribution in [3.05, 3.63) is 65.2 Å². The molecule has 1 heterocycles. The van der Waals surface area contributed by atoms with Crippen molar-refractivity contribution in [2.45, 2.75) is 26.4 Å². The number of fused-ring (bicyclic) bond motifs is 4. The van der Waals surface area contributed by atoms with Crippen molar-refractivity contribution in [2.75, 3.05) is 35.2 Å². The third-order valence-electron chi connectivity index (χ3n) is 7.69. The van der Waals surface area contributed by atoms with E-state index in [0.29, 0.717) is 46.5 Å². The van der Waals surface area contributed by atoms with Crippen LogP contribution in [0.15, 0.2) is 48.5 Å². The normalized spacial score (nSPS) is 19.2. The molecule has 1 aliphatic heterocycles. The zero-order chi connectivity index (χ0) is 28.4. The molecule has 1 aliphatic carbocycles. The van der Waals surface area contributed by atoms with Gasteiger partial charge in [0.2, 0.25) is 18.3 Å². The lowest BCUT2D eigenvalue weighted by molar-refractivity contribution is -0.146. The molecule has 2 aliphatic rings. The first-order valence-electron chi connectivity index (χ1n) is 13.2. The van der Waals surface area contributed by atoms with Crippen LogP contribution in [0.2, 0.25) is 0 Å². The molecule has 40 heavy (non-hydrogen) atoms. The fraction of sp³-hybridized carbons (Fsp3) is 0.344. The molecule has 0 amide bonds. The van der Waals surface area contributed by atoms with Gasteiger partial charge in [0.1, 0.15) is 6.10 Å². The van der Waals surface area contributed by atoms with E-state index in [1.54, 1.807) is 34.5 Å². The summed E-state index contributed by atoms with van der Waals surface area (Å²) in [7, 11) is 6.35. The molecule has 8 heteroatoms. The highest BCUT2D eigenvalue weighted by molar-refractivity contribution is 5.90. The number of ether oxygens (including phenoxy) is 7. The van der Waals surface area contributed by atoms with Crippen molar-refractivity contribution in [3.63, 3.8) is 0 Å². The molecule has 210 valence electrons. The second kappa shape index (κ2) is 11.4. The van der Waals surface area contributed by atoms with Crippen LogP contribution in [-0.2, 0) is 16.0 Å². The van der Waals surface area contributed by atoms with Crippen LogP contribution in [0.1, 0.15) is 36.6 Å². The topological polar surface area (TPSA) is 81.7 Å². The maximum absolute atomic E-state index is 13.2. The van der Waals surface area contributed by atoms with Gasteiger partial charge in [0.25, 0.3) is 0 Å². The van der Waals surface area contributed by atoms with E-state index < -0.39 is 12.1 Å². The van der Waals surface area contributed by atoms with Crippen LogP contribution in [0.4, 0.5) is 0 Å². The van der Waals surface area contributed by atoms with E-state index >= 15 is 0 Å². The summed E-state index contributed by atoms with van der Waals surface area (Å²) >= 11 is 0. The minimum Gasteiger partial charge on any atom is -0.493 e. The molecule has 3 aromatic rings. The highest BCUT2D eigenvalue weighted by Crippen LogP contribution is 2.58. The molecule has 0 bridgehead atoms.